The monoisotopic (exact) mass is 285 g/mol. The Morgan fingerprint density at radius 3 is 2.52 bits per heavy atom. The summed E-state index contributed by atoms with van der Waals surface area (Å²) >= 11 is 0. The number of aromatic nitrogens is 1. The summed E-state index contributed by atoms with van der Waals surface area (Å²) in [4.78, 5) is 16.5. The summed E-state index contributed by atoms with van der Waals surface area (Å²) in [7, 11) is 0. The summed E-state index contributed by atoms with van der Waals surface area (Å²) in [6.07, 6.45) is 0. The number of hydrogen-bond donors (Lipinski definition) is 2. The number of rotatable bonds is 5. The molecule has 0 radical (unpaired) electrons. The van der Waals surface area contributed by atoms with Crippen LogP contribution in [0.2, 0.25) is 0 Å². The highest BCUT2D eigenvalue weighted by atomic mass is 16.5. The molecular weight excluding hydrogens is 266 g/mol. The zero-order valence-corrected chi connectivity index (χ0v) is 12.2. The van der Waals surface area contributed by atoms with Crippen LogP contribution in [0.3, 0.4) is 0 Å². The number of nitrogens with zero attached hydrogens (tertiary/aromatic N) is 1. The Hall–Kier alpha value is -2.40. The van der Waals surface area contributed by atoms with E-state index in [9.17, 15) is 4.79 Å². The number of nitrogens with two attached hydrogens (primary N) is 1. The number of ether oxygens (including phenoxy) is 1. The van der Waals surface area contributed by atoms with E-state index in [2.05, 4.69) is 10.3 Å². The van der Waals surface area contributed by atoms with Gasteiger partial charge in [-0.2, -0.15) is 0 Å². The standard InChI is InChI=1S/C16H19N3O2/c1-11-3-8-15(12(2)18-11)16(20)19-13-4-6-14(7-5-13)21-10-9-17/h3-8H,9-10,17H2,1-2H3,(H,19,20). The molecule has 5 heteroatoms. The number of carbonyl (C=O) groups excluding carboxylic acids is 1. The molecule has 0 saturated carbocycles. The van der Waals surface area contributed by atoms with E-state index in [1.54, 1.807) is 30.3 Å². The predicted molar refractivity (Wildman–Crippen MR) is 82.7 cm³/mol. The van der Waals surface area contributed by atoms with Crippen molar-refractivity contribution in [3.05, 3.63) is 53.3 Å². The van der Waals surface area contributed by atoms with Crippen molar-refractivity contribution in [2.24, 2.45) is 5.73 Å². The van der Waals surface area contributed by atoms with Gasteiger partial charge < -0.3 is 15.8 Å². The zero-order valence-electron chi connectivity index (χ0n) is 12.2. The Bertz CT molecular complexity index is 624. The van der Waals surface area contributed by atoms with Gasteiger partial charge in [-0.15, -0.1) is 0 Å². The number of carbonyl (C=O) groups is 1. The maximum Gasteiger partial charge on any atom is 0.257 e. The molecule has 3 N–H and O–H groups in total. The van der Waals surface area contributed by atoms with Gasteiger partial charge in [-0.05, 0) is 50.2 Å². The number of nitrogens with one attached hydrogen (secondary N) is 1. The van der Waals surface area contributed by atoms with Gasteiger partial charge in [0.2, 0.25) is 0 Å². The Labute approximate surface area is 124 Å². The fourth-order valence-electron chi connectivity index (χ4n) is 1.94. The van der Waals surface area contributed by atoms with Crippen LogP contribution in [0.1, 0.15) is 21.7 Å². The Morgan fingerprint density at radius 1 is 1.19 bits per heavy atom. The van der Waals surface area contributed by atoms with E-state index in [0.29, 0.717) is 24.4 Å². The van der Waals surface area contributed by atoms with Gasteiger partial charge in [0.1, 0.15) is 12.4 Å². The molecule has 0 unspecified atom stereocenters. The highest BCUT2D eigenvalue weighted by Crippen LogP contribution is 2.17. The quantitative estimate of drug-likeness (QED) is 0.883. The molecule has 0 fully saturated rings. The summed E-state index contributed by atoms with van der Waals surface area (Å²) in [5, 5.41) is 2.84. The molecule has 110 valence electrons. The van der Waals surface area contributed by atoms with Crippen molar-refractivity contribution in [1.29, 1.82) is 0 Å². The van der Waals surface area contributed by atoms with Crippen molar-refractivity contribution < 1.29 is 9.53 Å². The lowest BCUT2D eigenvalue weighted by atomic mass is 10.1. The van der Waals surface area contributed by atoms with Crippen molar-refractivity contribution in [2.75, 3.05) is 18.5 Å². The van der Waals surface area contributed by atoms with Gasteiger partial charge in [0.25, 0.3) is 5.91 Å². The number of pyridine rings is 1. The second kappa shape index (κ2) is 6.85. The fourth-order valence-corrected chi connectivity index (χ4v) is 1.94. The summed E-state index contributed by atoms with van der Waals surface area (Å²) in [6.45, 7) is 4.67. The van der Waals surface area contributed by atoms with Crippen LogP contribution < -0.4 is 15.8 Å². The second-order valence-electron chi connectivity index (χ2n) is 4.70. The summed E-state index contributed by atoms with van der Waals surface area (Å²) < 4.78 is 5.38. The molecule has 5 nitrogen and oxygen atoms in total. The predicted octanol–water partition coefficient (Wildman–Crippen LogP) is 2.29. The fraction of sp³-hybridized carbons (Fsp3) is 0.250. The number of amides is 1. The molecule has 21 heavy (non-hydrogen) atoms. The molecule has 0 atom stereocenters. The minimum absolute atomic E-state index is 0.171. The largest absolute Gasteiger partial charge is 0.492 e. The van der Waals surface area contributed by atoms with E-state index in [0.717, 1.165) is 17.1 Å². The van der Waals surface area contributed by atoms with E-state index in [1.807, 2.05) is 19.9 Å². The topological polar surface area (TPSA) is 77.2 Å². The molecule has 2 aromatic rings. The van der Waals surface area contributed by atoms with E-state index in [4.69, 9.17) is 10.5 Å². The van der Waals surface area contributed by atoms with E-state index >= 15 is 0 Å². The minimum atomic E-state index is -0.171. The highest BCUT2D eigenvalue weighted by molar-refractivity contribution is 6.05. The van der Waals surface area contributed by atoms with Crippen LogP contribution in [0.15, 0.2) is 36.4 Å². The molecule has 2 rings (SSSR count). The molecule has 1 aromatic heterocycles. The van der Waals surface area contributed by atoms with Crippen molar-refractivity contribution in [3.8, 4) is 5.75 Å². The molecule has 0 aliphatic heterocycles. The molecule has 0 aliphatic rings. The number of anilines is 1. The summed E-state index contributed by atoms with van der Waals surface area (Å²) in [6, 6.07) is 10.8. The Balaban J connectivity index is 2.05. The first-order chi connectivity index (χ1) is 10.1. The van der Waals surface area contributed by atoms with E-state index in [1.165, 1.54) is 0 Å². The maximum absolute atomic E-state index is 12.2. The number of hydrogen-bond acceptors (Lipinski definition) is 4. The molecule has 1 amide bonds. The van der Waals surface area contributed by atoms with Crippen molar-refractivity contribution in [3.63, 3.8) is 0 Å². The molecule has 0 saturated heterocycles. The molecule has 0 bridgehead atoms. The van der Waals surface area contributed by atoms with Gasteiger partial charge in [-0.1, -0.05) is 0 Å². The van der Waals surface area contributed by atoms with Gasteiger partial charge >= 0.3 is 0 Å². The maximum atomic E-state index is 12.2. The third-order valence-corrected chi connectivity index (χ3v) is 2.97. The zero-order chi connectivity index (χ0) is 15.2. The summed E-state index contributed by atoms with van der Waals surface area (Å²) in [5.41, 5.74) is 8.27. The van der Waals surface area contributed by atoms with Crippen LogP contribution in [0.25, 0.3) is 0 Å². The van der Waals surface area contributed by atoms with E-state index in [-0.39, 0.29) is 5.91 Å². The second-order valence-corrected chi connectivity index (χ2v) is 4.70. The average molecular weight is 285 g/mol. The lowest BCUT2D eigenvalue weighted by Crippen LogP contribution is -2.14. The van der Waals surface area contributed by atoms with Gasteiger partial charge in [0.15, 0.2) is 0 Å². The summed E-state index contributed by atoms with van der Waals surface area (Å²) in [5.74, 6) is 0.558. The third-order valence-electron chi connectivity index (χ3n) is 2.97. The lowest BCUT2D eigenvalue weighted by molar-refractivity contribution is 0.102. The van der Waals surface area contributed by atoms with Crippen molar-refractivity contribution in [2.45, 2.75) is 13.8 Å². The van der Waals surface area contributed by atoms with Gasteiger partial charge in [-0.3, -0.25) is 9.78 Å². The Kier molecular flexibility index (Phi) is 4.90. The molecule has 0 spiro atoms. The van der Waals surface area contributed by atoms with Crippen LogP contribution in [-0.4, -0.2) is 24.0 Å². The average Bonchev–Trinajstić information content (AvgIpc) is 2.46. The number of aryl methyl sites for hydroxylation is 2. The lowest BCUT2D eigenvalue weighted by Gasteiger charge is -2.09. The Morgan fingerprint density at radius 2 is 1.90 bits per heavy atom. The highest BCUT2D eigenvalue weighted by Gasteiger charge is 2.10. The minimum Gasteiger partial charge on any atom is -0.492 e. The smallest absolute Gasteiger partial charge is 0.257 e. The number of benzene rings is 1. The first-order valence-corrected chi connectivity index (χ1v) is 6.78. The van der Waals surface area contributed by atoms with Crippen LogP contribution in [0.5, 0.6) is 5.75 Å². The van der Waals surface area contributed by atoms with Crippen molar-refractivity contribution in [1.82, 2.24) is 4.98 Å². The normalized spacial score (nSPS) is 10.2. The van der Waals surface area contributed by atoms with Gasteiger partial charge in [0, 0.05) is 17.9 Å². The van der Waals surface area contributed by atoms with Crippen LogP contribution in [-0.2, 0) is 0 Å². The molecular formula is C16H19N3O2. The van der Waals surface area contributed by atoms with Gasteiger partial charge in [-0.25, -0.2) is 0 Å². The van der Waals surface area contributed by atoms with Crippen molar-refractivity contribution >= 4 is 11.6 Å². The van der Waals surface area contributed by atoms with E-state index < -0.39 is 0 Å². The third kappa shape index (κ3) is 4.03. The molecule has 0 aliphatic carbocycles. The molecule has 1 aromatic carbocycles. The van der Waals surface area contributed by atoms with Crippen LogP contribution >= 0.6 is 0 Å². The van der Waals surface area contributed by atoms with Crippen LogP contribution in [0.4, 0.5) is 5.69 Å². The van der Waals surface area contributed by atoms with Crippen LogP contribution in [0, 0.1) is 13.8 Å². The first-order valence-electron chi connectivity index (χ1n) is 6.78. The first kappa shape index (κ1) is 15.0. The molecule has 1 heterocycles. The SMILES string of the molecule is Cc1ccc(C(=O)Nc2ccc(OCCN)cc2)c(C)n1. The van der Waals surface area contributed by atoms with Gasteiger partial charge in [0.05, 0.1) is 11.3 Å².